The number of nitrogens with two attached hydrogens (primary N) is 7. The summed E-state index contributed by atoms with van der Waals surface area (Å²) >= 11 is 0. The molecule has 30 nitrogen and oxygen atoms in total. The van der Waals surface area contributed by atoms with Gasteiger partial charge in [0, 0.05) is 44.9 Å². The number of amides is 8. The Bertz CT molecular complexity index is 2180. The van der Waals surface area contributed by atoms with Crippen molar-refractivity contribution in [1.82, 2.24) is 52.5 Å². The topological polar surface area (TPSA) is 518 Å². The molecule has 0 aromatic carbocycles. The van der Waals surface area contributed by atoms with Crippen molar-refractivity contribution in [3.8, 4) is 0 Å². The van der Waals surface area contributed by atoms with Crippen molar-refractivity contribution in [2.75, 3.05) is 26.2 Å². The van der Waals surface area contributed by atoms with Crippen LogP contribution in [0.1, 0.15) is 131 Å². The number of carbonyl (C=O) groups excluding carboxylic acids is 8. The number of imidazole rings is 1. The maximum absolute atomic E-state index is 14.5. The number of unbranched alkanes of at least 4 members (excludes halogenated alkanes) is 2. The van der Waals surface area contributed by atoms with E-state index in [1.54, 1.807) is 13.8 Å². The van der Waals surface area contributed by atoms with Crippen LogP contribution in [0.25, 0.3) is 0 Å². The van der Waals surface area contributed by atoms with Crippen molar-refractivity contribution in [2.24, 2.45) is 66.9 Å². The quantitative estimate of drug-likeness (QED) is 0.0170. The summed E-state index contributed by atoms with van der Waals surface area (Å²) in [5.41, 5.74) is 38.9. The van der Waals surface area contributed by atoms with E-state index in [0.717, 1.165) is 0 Å². The first kappa shape index (κ1) is 69.2. The van der Waals surface area contributed by atoms with Gasteiger partial charge in [0.2, 0.25) is 47.3 Å². The monoisotopic (exact) mass is 1120 g/mol. The molecule has 0 saturated heterocycles. The second kappa shape index (κ2) is 37.9. The molecule has 24 N–H and O–H groups in total. The van der Waals surface area contributed by atoms with Crippen molar-refractivity contribution >= 4 is 71.1 Å². The van der Waals surface area contributed by atoms with Gasteiger partial charge < -0.3 is 92.8 Å². The molecule has 8 atom stereocenters. The van der Waals surface area contributed by atoms with Crippen molar-refractivity contribution in [3.05, 3.63) is 18.2 Å². The fourth-order valence-electron chi connectivity index (χ4n) is 7.93. The minimum atomic E-state index is -1.41. The summed E-state index contributed by atoms with van der Waals surface area (Å²) in [6, 6.07) is -10.1. The number of guanidine groups is 3. The van der Waals surface area contributed by atoms with Crippen LogP contribution in [0, 0.1) is 11.8 Å². The zero-order valence-electron chi connectivity index (χ0n) is 46.6. The lowest BCUT2D eigenvalue weighted by Gasteiger charge is -2.29. The first-order chi connectivity index (χ1) is 37.3. The van der Waals surface area contributed by atoms with Gasteiger partial charge in [0.1, 0.15) is 48.3 Å². The molecule has 0 bridgehead atoms. The number of nitrogens with zero attached hydrogens (tertiary/aromatic N) is 4. The number of rotatable bonds is 40. The Kier molecular flexibility index (Phi) is 33.2. The first-order valence-electron chi connectivity index (χ1n) is 26.8. The summed E-state index contributed by atoms with van der Waals surface area (Å²) in [5, 5.41) is 31.2. The number of hydrogen-bond donors (Lipinski definition) is 17. The molecule has 1 heterocycles. The van der Waals surface area contributed by atoms with Crippen LogP contribution in [0.4, 0.5) is 0 Å². The average molecular weight is 1120 g/mol. The number of carboxylic acid groups (broad SMARTS) is 1. The molecule has 1 aromatic rings. The molecule has 30 heteroatoms. The molecule has 1 aromatic heterocycles. The molecule has 1 rings (SSSR count). The Hall–Kier alpha value is -7.79. The number of carboxylic acids is 1. The highest BCUT2D eigenvalue weighted by molar-refractivity contribution is 5.98. The van der Waals surface area contributed by atoms with E-state index in [1.807, 2.05) is 20.8 Å². The lowest BCUT2D eigenvalue weighted by molar-refractivity contribution is -0.142. The van der Waals surface area contributed by atoms with E-state index in [1.165, 1.54) is 19.4 Å². The number of aromatic nitrogens is 2. The Morgan fingerprint density at radius 1 is 0.532 bits per heavy atom. The van der Waals surface area contributed by atoms with Crippen LogP contribution >= 0.6 is 0 Å². The van der Waals surface area contributed by atoms with Crippen molar-refractivity contribution in [3.63, 3.8) is 0 Å². The third-order valence-corrected chi connectivity index (χ3v) is 12.0. The molecule has 79 heavy (non-hydrogen) atoms. The molecule has 0 aliphatic carbocycles. The summed E-state index contributed by atoms with van der Waals surface area (Å²) in [6.07, 6.45) is 5.63. The lowest BCUT2D eigenvalue weighted by atomic mass is 9.98. The Morgan fingerprint density at radius 2 is 0.924 bits per heavy atom. The first-order valence-corrected chi connectivity index (χ1v) is 26.8. The van der Waals surface area contributed by atoms with Crippen LogP contribution in [0.2, 0.25) is 0 Å². The van der Waals surface area contributed by atoms with Gasteiger partial charge in [-0.25, -0.2) is 9.78 Å². The number of aliphatic imine (C=N–C) groups is 3. The number of hydrogen-bond acceptors (Lipinski definition) is 14. The second-order valence-electron chi connectivity index (χ2n) is 19.9. The molecule has 0 fully saturated rings. The summed E-state index contributed by atoms with van der Waals surface area (Å²) < 4.78 is 0. The fourth-order valence-corrected chi connectivity index (χ4v) is 7.93. The SMILES string of the molecule is CCCCC(NC(=O)[C@H](CCCN=C(N)N)NC(=O)[C@H](Cc1cnc[nH]1)NC(=O)[C@H](CCCN=C(N)N)NC(=O)[C@H](CCCCN)NC(C)=O)C(=O)N[C@H](C(=O)N[C@@H](CC(C)C)C(=O)N[C@@H](CCCN=C(N)N)C(=O)O)C(C)C. The summed E-state index contributed by atoms with van der Waals surface area (Å²) in [5.74, 6) is -8.45. The standard InChI is InChI=1S/C49H90N20O10/c1-7-8-14-32(42(74)69-38(28(4)5)45(77)68-36(23-27(2)3)43(75)66-35(46(78)79)18-13-22-60-49(55)56)63-40(72)33(16-11-20-58-47(51)52)65-44(76)37(24-30-25-57-26-61-30)67-41(73)34(17-12-21-59-48(53)54)64-39(71)31(62-29(6)70)15-9-10-19-50/h25-28,31-38H,7-24,50H2,1-6H3,(H,57,61)(H,62,70)(H,63,72)(H,64,71)(H,65,76)(H,66,75)(H,67,73)(H,68,77)(H,69,74)(H,78,79)(H4,51,52,58)(H4,53,54,59)(H4,55,56,60)/t31-,32?,33-,34-,35-,36-,37-,38-/m0/s1. The largest absolute Gasteiger partial charge is 0.480 e. The third-order valence-electron chi connectivity index (χ3n) is 12.0. The van der Waals surface area contributed by atoms with Crippen LogP contribution < -0.4 is 82.7 Å². The van der Waals surface area contributed by atoms with Gasteiger partial charge in [-0.05, 0) is 89.0 Å². The van der Waals surface area contributed by atoms with Gasteiger partial charge in [-0.2, -0.15) is 0 Å². The van der Waals surface area contributed by atoms with E-state index >= 15 is 0 Å². The van der Waals surface area contributed by atoms with Crippen molar-refractivity contribution in [1.29, 1.82) is 0 Å². The van der Waals surface area contributed by atoms with Crippen LogP contribution in [0.15, 0.2) is 27.5 Å². The fraction of sp³-hybridized carbons (Fsp3) is 0.694. The van der Waals surface area contributed by atoms with Crippen LogP contribution in [0.3, 0.4) is 0 Å². The molecule has 446 valence electrons. The van der Waals surface area contributed by atoms with E-state index in [-0.39, 0.29) is 108 Å². The summed E-state index contributed by atoms with van der Waals surface area (Å²) in [7, 11) is 0. The van der Waals surface area contributed by atoms with E-state index in [2.05, 4.69) is 67.5 Å². The van der Waals surface area contributed by atoms with E-state index in [9.17, 15) is 48.3 Å². The summed E-state index contributed by atoms with van der Waals surface area (Å²) in [4.78, 5) is 142. The average Bonchev–Trinajstić information content (AvgIpc) is 3.88. The van der Waals surface area contributed by atoms with Gasteiger partial charge >= 0.3 is 5.97 Å². The Labute approximate surface area is 461 Å². The predicted octanol–water partition coefficient (Wildman–Crippen LogP) is -3.88. The highest BCUT2D eigenvalue weighted by Crippen LogP contribution is 2.13. The summed E-state index contributed by atoms with van der Waals surface area (Å²) in [6.45, 7) is 10.7. The molecular weight excluding hydrogens is 1030 g/mol. The number of nitrogens with one attached hydrogen (secondary N) is 9. The molecule has 8 amide bonds. The highest BCUT2D eigenvalue weighted by atomic mass is 16.4. The Morgan fingerprint density at radius 3 is 1.33 bits per heavy atom. The van der Waals surface area contributed by atoms with E-state index in [0.29, 0.717) is 37.9 Å². The van der Waals surface area contributed by atoms with Gasteiger partial charge in [0.05, 0.1) is 6.33 Å². The van der Waals surface area contributed by atoms with Gasteiger partial charge in [0.25, 0.3) is 0 Å². The maximum atomic E-state index is 14.5. The van der Waals surface area contributed by atoms with Gasteiger partial charge in [0.15, 0.2) is 17.9 Å². The van der Waals surface area contributed by atoms with E-state index < -0.39 is 107 Å². The number of aromatic amines is 1. The molecule has 0 aliphatic rings. The third kappa shape index (κ3) is 29.5. The minimum absolute atomic E-state index is 0.00995. The maximum Gasteiger partial charge on any atom is 0.326 e. The zero-order chi connectivity index (χ0) is 59.6. The predicted molar refractivity (Wildman–Crippen MR) is 298 cm³/mol. The van der Waals surface area contributed by atoms with Gasteiger partial charge in [-0.1, -0.05) is 47.5 Å². The molecule has 0 spiro atoms. The lowest BCUT2D eigenvalue weighted by Crippen LogP contribution is -2.61. The zero-order valence-corrected chi connectivity index (χ0v) is 46.6. The minimum Gasteiger partial charge on any atom is -0.480 e. The molecule has 0 radical (unpaired) electrons. The van der Waals surface area contributed by atoms with Gasteiger partial charge in [-0.15, -0.1) is 0 Å². The molecular formula is C49H90N20O10. The smallest absolute Gasteiger partial charge is 0.326 e. The van der Waals surface area contributed by atoms with Crippen molar-refractivity contribution in [2.45, 2.75) is 180 Å². The van der Waals surface area contributed by atoms with Crippen LogP contribution in [0.5, 0.6) is 0 Å². The normalized spacial score (nSPS) is 14.0. The Balaban J connectivity index is 3.60. The van der Waals surface area contributed by atoms with Crippen LogP contribution in [-0.4, -0.2) is 161 Å². The van der Waals surface area contributed by atoms with E-state index in [4.69, 9.17) is 40.1 Å². The number of H-pyrrole nitrogens is 1. The second-order valence-corrected chi connectivity index (χ2v) is 19.9. The van der Waals surface area contributed by atoms with Gasteiger partial charge in [-0.3, -0.25) is 53.3 Å². The van der Waals surface area contributed by atoms with Crippen molar-refractivity contribution < 1.29 is 48.3 Å². The number of aliphatic carboxylic acids is 1. The molecule has 0 aliphatic heterocycles. The number of carbonyl (C=O) groups is 9. The molecule has 0 saturated carbocycles. The molecule has 1 unspecified atom stereocenters. The highest BCUT2D eigenvalue weighted by Gasteiger charge is 2.36. The van der Waals surface area contributed by atoms with Crippen LogP contribution in [-0.2, 0) is 49.6 Å².